The first-order valence-corrected chi connectivity index (χ1v) is 8.42. The fourth-order valence-electron chi connectivity index (χ4n) is 2.41. The van der Waals surface area contributed by atoms with Crippen molar-refractivity contribution in [1.29, 1.82) is 0 Å². The van der Waals surface area contributed by atoms with E-state index in [0.717, 1.165) is 25.9 Å². The maximum absolute atomic E-state index is 11.2. The first kappa shape index (κ1) is 17.0. The first-order valence-electron chi connectivity index (χ1n) is 8.42. The minimum atomic E-state index is -0.0839. The van der Waals surface area contributed by atoms with Gasteiger partial charge in [-0.15, -0.1) is 0 Å². The van der Waals surface area contributed by atoms with E-state index in [1.807, 2.05) is 6.92 Å². The van der Waals surface area contributed by atoms with Gasteiger partial charge in [-0.3, -0.25) is 4.79 Å². The van der Waals surface area contributed by atoms with Crippen LogP contribution in [0.1, 0.15) is 57.1 Å². The maximum Gasteiger partial charge on any atom is 0.305 e. The predicted octanol–water partition coefficient (Wildman–Crippen LogP) is 4.28. The largest absolute Gasteiger partial charge is 0.466 e. The molecule has 2 rings (SSSR count). The summed E-state index contributed by atoms with van der Waals surface area (Å²) in [5.74, 6) is -0.0839. The average molecular weight is 304 g/mol. The van der Waals surface area contributed by atoms with E-state index < -0.39 is 0 Å². The molecule has 0 N–H and O–H groups in total. The SMILES string of the molecule is CCOC(=O)CCCCc1ccc(COCC2(C)CC2)cc1. The van der Waals surface area contributed by atoms with Crippen LogP contribution in [-0.4, -0.2) is 19.2 Å². The second-order valence-corrected chi connectivity index (χ2v) is 6.63. The lowest BCUT2D eigenvalue weighted by molar-refractivity contribution is -0.143. The van der Waals surface area contributed by atoms with Crippen molar-refractivity contribution in [3.05, 3.63) is 35.4 Å². The van der Waals surface area contributed by atoms with Gasteiger partial charge in [-0.2, -0.15) is 0 Å². The minimum absolute atomic E-state index is 0.0839. The molecule has 0 spiro atoms. The lowest BCUT2D eigenvalue weighted by Crippen LogP contribution is -2.05. The lowest BCUT2D eigenvalue weighted by atomic mass is 10.1. The third-order valence-corrected chi connectivity index (χ3v) is 4.25. The quantitative estimate of drug-likeness (QED) is 0.478. The Hall–Kier alpha value is -1.35. The highest BCUT2D eigenvalue weighted by molar-refractivity contribution is 5.69. The molecular weight excluding hydrogens is 276 g/mol. The second-order valence-electron chi connectivity index (χ2n) is 6.63. The molecule has 1 aromatic rings. The van der Waals surface area contributed by atoms with Crippen LogP contribution in [0.5, 0.6) is 0 Å². The third kappa shape index (κ3) is 6.18. The first-order chi connectivity index (χ1) is 10.6. The third-order valence-electron chi connectivity index (χ3n) is 4.25. The molecule has 22 heavy (non-hydrogen) atoms. The van der Waals surface area contributed by atoms with Crippen molar-refractivity contribution < 1.29 is 14.3 Å². The Morgan fingerprint density at radius 1 is 1.14 bits per heavy atom. The average Bonchev–Trinajstić information content (AvgIpc) is 3.23. The van der Waals surface area contributed by atoms with Gasteiger partial charge in [-0.1, -0.05) is 31.2 Å². The molecule has 0 aromatic heterocycles. The number of carbonyl (C=O) groups is 1. The van der Waals surface area contributed by atoms with Crippen LogP contribution in [0, 0.1) is 5.41 Å². The van der Waals surface area contributed by atoms with Crippen molar-refractivity contribution in [2.45, 2.75) is 59.0 Å². The number of hydrogen-bond donors (Lipinski definition) is 0. The highest BCUT2D eigenvalue weighted by Gasteiger charge is 2.37. The van der Waals surface area contributed by atoms with Crippen LogP contribution < -0.4 is 0 Å². The van der Waals surface area contributed by atoms with Crippen LogP contribution in [0.3, 0.4) is 0 Å². The molecule has 0 unspecified atom stereocenters. The fourth-order valence-corrected chi connectivity index (χ4v) is 2.41. The molecule has 0 bridgehead atoms. The summed E-state index contributed by atoms with van der Waals surface area (Å²) in [4.78, 5) is 11.2. The second kappa shape index (κ2) is 8.33. The van der Waals surface area contributed by atoms with E-state index in [-0.39, 0.29) is 5.97 Å². The van der Waals surface area contributed by atoms with Gasteiger partial charge in [0.2, 0.25) is 0 Å². The van der Waals surface area contributed by atoms with E-state index in [0.29, 0.717) is 25.0 Å². The van der Waals surface area contributed by atoms with Crippen LogP contribution in [-0.2, 0) is 27.3 Å². The van der Waals surface area contributed by atoms with Gasteiger partial charge in [0.15, 0.2) is 0 Å². The number of aryl methyl sites for hydroxylation is 1. The summed E-state index contributed by atoms with van der Waals surface area (Å²) in [5.41, 5.74) is 3.01. The van der Waals surface area contributed by atoms with Crippen molar-refractivity contribution >= 4 is 5.97 Å². The number of rotatable bonds is 10. The zero-order valence-corrected chi connectivity index (χ0v) is 13.9. The predicted molar refractivity (Wildman–Crippen MR) is 87.6 cm³/mol. The monoisotopic (exact) mass is 304 g/mol. The zero-order chi connectivity index (χ0) is 15.8. The number of benzene rings is 1. The Kier molecular flexibility index (Phi) is 6.44. The summed E-state index contributed by atoms with van der Waals surface area (Å²) in [6, 6.07) is 8.63. The number of ether oxygens (including phenoxy) is 2. The van der Waals surface area contributed by atoms with Crippen LogP contribution in [0.15, 0.2) is 24.3 Å². The molecule has 0 atom stereocenters. The highest BCUT2D eigenvalue weighted by atomic mass is 16.5. The van der Waals surface area contributed by atoms with Gasteiger partial charge in [-0.25, -0.2) is 0 Å². The molecule has 0 saturated heterocycles. The summed E-state index contributed by atoms with van der Waals surface area (Å²) in [6.07, 6.45) is 6.06. The van der Waals surface area contributed by atoms with E-state index in [4.69, 9.17) is 9.47 Å². The van der Waals surface area contributed by atoms with Gasteiger partial charge < -0.3 is 9.47 Å². The number of hydrogen-bond acceptors (Lipinski definition) is 3. The number of unbranched alkanes of at least 4 members (excludes halogenated alkanes) is 1. The summed E-state index contributed by atoms with van der Waals surface area (Å²) in [6.45, 7) is 6.18. The van der Waals surface area contributed by atoms with Gasteiger partial charge >= 0.3 is 5.97 Å². The standard InChI is InChI=1S/C19H28O3/c1-3-22-18(20)7-5-4-6-16-8-10-17(11-9-16)14-21-15-19(2)12-13-19/h8-11H,3-7,12-15H2,1-2H3. The highest BCUT2D eigenvalue weighted by Crippen LogP contribution is 2.45. The Balaban J connectivity index is 1.60. The van der Waals surface area contributed by atoms with Gasteiger partial charge in [0.1, 0.15) is 0 Å². The molecule has 0 aliphatic heterocycles. The Labute approximate surface area is 134 Å². The molecule has 122 valence electrons. The molecular formula is C19H28O3. The Morgan fingerprint density at radius 3 is 2.45 bits per heavy atom. The van der Waals surface area contributed by atoms with E-state index in [1.165, 1.54) is 24.0 Å². The summed E-state index contributed by atoms with van der Waals surface area (Å²) in [5, 5.41) is 0. The molecule has 0 amide bonds. The topological polar surface area (TPSA) is 35.5 Å². The van der Waals surface area contributed by atoms with Crippen molar-refractivity contribution in [3.63, 3.8) is 0 Å². The number of esters is 1. The molecule has 3 heteroatoms. The van der Waals surface area contributed by atoms with Crippen molar-refractivity contribution in [2.75, 3.05) is 13.2 Å². The normalized spacial score (nSPS) is 15.5. The molecule has 1 fully saturated rings. The minimum Gasteiger partial charge on any atom is -0.466 e. The fraction of sp³-hybridized carbons (Fsp3) is 0.632. The van der Waals surface area contributed by atoms with Crippen LogP contribution in [0.2, 0.25) is 0 Å². The van der Waals surface area contributed by atoms with Crippen molar-refractivity contribution in [2.24, 2.45) is 5.41 Å². The number of carbonyl (C=O) groups excluding carboxylic acids is 1. The molecule has 1 aliphatic rings. The maximum atomic E-state index is 11.2. The Morgan fingerprint density at radius 2 is 1.82 bits per heavy atom. The van der Waals surface area contributed by atoms with E-state index in [2.05, 4.69) is 31.2 Å². The molecule has 0 radical (unpaired) electrons. The van der Waals surface area contributed by atoms with E-state index in [1.54, 1.807) is 0 Å². The smallest absolute Gasteiger partial charge is 0.305 e. The Bertz CT molecular complexity index is 460. The van der Waals surface area contributed by atoms with E-state index in [9.17, 15) is 4.79 Å². The van der Waals surface area contributed by atoms with Crippen LogP contribution in [0.25, 0.3) is 0 Å². The molecule has 3 nitrogen and oxygen atoms in total. The van der Waals surface area contributed by atoms with Gasteiger partial charge in [-0.05, 0) is 55.6 Å². The van der Waals surface area contributed by atoms with Crippen molar-refractivity contribution in [1.82, 2.24) is 0 Å². The molecule has 1 saturated carbocycles. The van der Waals surface area contributed by atoms with Crippen LogP contribution in [0.4, 0.5) is 0 Å². The van der Waals surface area contributed by atoms with Crippen LogP contribution >= 0.6 is 0 Å². The molecule has 1 aliphatic carbocycles. The summed E-state index contributed by atoms with van der Waals surface area (Å²) < 4.78 is 10.7. The zero-order valence-electron chi connectivity index (χ0n) is 13.9. The van der Waals surface area contributed by atoms with Gasteiger partial charge in [0.25, 0.3) is 0 Å². The molecule has 0 heterocycles. The summed E-state index contributed by atoms with van der Waals surface area (Å²) in [7, 11) is 0. The van der Waals surface area contributed by atoms with Gasteiger partial charge in [0, 0.05) is 6.42 Å². The van der Waals surface area contributed by atoms with Crippen molar-refractivity contribution in [3.8, 4) is 0 Å². The van der Waals surface area contributed by atoms with Gasteiger partial charge in [0.05, 0.1) is 19.8 Å². The lowest BCUT2D eigenvalue weighted by Gasteiger charge is -2.09. The summed E-state index contributed by atoms with van der Waals surface area (Å²) >= 11 is 0. The van der Waals surface area contributed by atoms with E-state index >= 15 is 0 Å². The molecule has 1 aromatic carbocycles.